The fourth-order valence-electron chi connectivity index (χ4n) is 1.90. The molecule has 24 heavy (non-hydrogen) atoms. The summed E-state index contributed by atoms with van der Waals surface area (Å²) in [6.45, 7) is 3.34. The molecule has 2 aromatic rings. The zero-order chi connectivity index (χ0) is 17.5. The molecule has 0 saturated carbocycles. The molecular formula is C18H16N2O4. The van der Waals surface area contributed by atoms with Crippen LogP contribution in [-0.4, -0.2) is 18.0 Å². The summed E-state index contributed by atoms with van der Waals surface area (Å²) in [5, 5.41) is 11.7. The fourth-order valence-corrected chi connectivity index (χ4v) is 1.90. The van der Waals surface area contributed by atoms with E-state index >= 15 is 0 Å². The first-order valence-corrected chi connectivity index (χ1v) is 7.23. The Morgan fingerprint density at radius 3 is 2.75 bits per heavy atom. The lowest BCUT2D eigenvalue weighted by molar-refractivity contribution is -0.148. The first-order valence-electron chi connectivity index (χ1n) is 7.23. The minimum absolute atomic E-state index is 0.250. The van der Waals surface area contributed by atoms with Crippen LogP contribution in [0.5, 0.6) is 0 Å². The van der Waals surface area contributed by atoms with Crippen molar-refractivity contribution < 1.29 is 18.7 Å². The number of hydrogen-bond donors (Lipinski definition) is 1. The Kier molecular flexibility index (Phi) is 5.53. The van der Waals surface area contributed by atoms with Crippen LogP contribution < -0.4 is 5.32 Å². The average molecular weight is 324 g/mol. The maximum absolute atomic E-state index is 12.1. The van der Waals surface area contributed by atoms with Gasteiger partial charge in [0.2, 0.25) is 0 Å². The average Bonchev–Trinajstić information content (AvgIpc) is 3.05. The van der Waals surface area contributed by atoms with Crippen molar-refractivity contribution in [2.24, 2.45) is 0 Å². The second-order valence-electron chi connectivity index (χ2n) is 5.09. The minimum atomic E-state index is -1.05. The third-order valence-electron chi connectivity index (χ3n) is 3.11. The summed E-state index contributed by atoms with van der Waals surface area (Å²) in [7, 11) is 0. The van der Waals surface area contributed by atoms with Crippen LogP contribution in [0.3, 0.4) is 0 Å². The summed E-state index contributed by atoms with van der Waals surface area (Å²) < 4.78 is 10.1. The summed E-state index contributed by atoms with van der Waals surface area (Å²) in [6.07, 6.45) is 1.63. The molecule has 0 aliphatic heterocycles. The molecule has 122 valence electrons. The Balaban J connectivity index is 2.00. The van der Waals surface area contributed by atoms with Crippen LogP contribution in [0.2, 0.25) is 0 Å². The molecule has 0 saturated heterocycles. The zero-order valence-electron chi connectivity index (χ0n) is 13.3. The Morgan fingerprint density at radius 1 is 1.33 bits per heavy atom. The first-order chi connectivity index (χ1) is 11.5. The highest BCUT2D eigenvalue weighted by Crippen LogP contribution is 2.12. The Hall–Kier alpha value is -3.33. The van der Waals surface area contributed by atoms with E-state index in [1.165, 1.54) is 19.3 Å². The number of aryl methyl sites for hydroxylation is 1. The monoisotopic (exact) mass is 324 g/mol. The van der Waals surface area contributed by atoms with E-state index in [9.17, 15) is 9.59 Å². The third-order valence-corrected chi connectivity index (χ3v) is 3.11. The van der Waals surface area contributed by atoms with E-state index in [0.717, 1.165) is 5.56 Å². The topological polar surface area (TPSA) is 92.3 Å². The normalized spacial score (nSPS) is 12.1. The third kappa shape index (κ3) is 4.58. The van der Waals surface area contributed by atoms with E-state index in [-0.39, 0.29) is 5.57 Å². The Bertz CT molecular complexity index is 801. The smallest absolute Gasteiger partial charge is 0.349 e. The maximum Gasteiger partial charge on any atom is 0.349 e. The van der Waals surface area contributed by atoms with Gasteiger partial charge < -0.3 is 14.5 Å². The molecule has 1 aromatic heterocycles. The summed E-state index contributed by atoms with van der Waals surface area (Å²) in [5.74, 6) is -1.02. The van der Waals surface area contributed by atoms with Gasteiger partial charge in [0.15, 0.2) is 6.10 Å². The molecule has 0 unspecified atom stereocenters. The minimum Gasteiger partial charge on any atom is -0.465 e. The number of hydrogen-bond acceptors (Lipinski definition) is 5. The van der Waals surface area contributed by atoms with Crippen molar-refractivity contribution in [3.63, 3.8) is 0 Å². The van der Waals surface area contributed by atoms with E-state index in [4.69, 9.17) is 14.4 Å². The first kappa shape index (κ1) is 17.0. The number of amides is 1. The maximum atomic E-state index is 12.1. The summed E-state index contributed by atoms with van der Waals surface area (Å²) >= 11 is 0. The number of benzene rings is 1. The molecule has 1 amide bonds. The summed E-state index contributed by atoms with van der Waals surface area (Å²) in [5.41, 5.74) is 1.35. The molecule has 0 bridgehead atoms. The van der Waals surface area contributed by atoms with Gasteiger partial charge in [-0.15, -0.1) is 0 Å². The quantitative estimate of drug-likeness (QED) is 0.518. The van der Waals surface area contributed by atoms with Crippen molar-refractivity contribution >= 4 is 23.6 Å². The van der Waals surface area contributed by atoms with Gasteiger partial charge in [0.25, 0.3) is 5.91 Å². The SMILES string of the molecule is Cc1cccc(NC(=O)[C@H](C)OC(=O)/C(C#N)=C/c2ccco2)c1. The molecule has 1 N–H and O–H groups in total. The van der Waals surface area contributed by atoms with Crippen LogP contribution in [0.25, 0.3) is 6.08 Å². The van der Waals surface area contributed by atoms with Crippen LogP contribution in [0.4, 0.5) is 5.69 Å². The highest BCUT2D eigenvalue weighted by molar-refractivity contribution is 6.00. The lowest BCUT2D eigenvalue weighted by Crippen LogP contribution is -2.30. The molecule has 2 rings (SSSR count). The molecule has 1 aromatic carbocycles. The number of carbonyl (C=O) groups is 2. The van der Waals surface area contributed by atoms with E-state index in [1.807, 2.05) is 19.1 Å². The van der Waals surface area contributed by atoms with Gasteiger partial charge in [0, 0.05) is 11.8 Å². The predicted octanol–water partition coefficient (Wildman–Crippen LogP) is 3.07. The Labute approximate surface area is 139 Å². The molecule has 6 nitrogen and oxygen atoms in total. The van der Waals surface area contributed by atoms with Gasteiger partial charge in [-0.2, -0.15) is 5.26 Å². The van der Waals surface area contributed by atoms with Crippen molar-refractivity contribution in [3.05, 3.63) is 59.6 Å². The van der Waals surface area contributed by atoms with Gasteiger partial charge in [0.1, 0.15) is 17.4 Å². The molecule has 0 spiro atoms. The van der Waals surface area contributed by atoms with Crippen molar-refractivity contribution in [1.29, 1.82) is 5.26 Å². The molecule has 1 heterocycles. The van der Waals surface area contributed by atoms with E-state index < -0.39 is 18.0 Å². The number of nitrogens with one attached hydrogen (secondary N) is 1. The molecule has 0 aliphatic carbocycles. The second kappa shape index (κ2) is 7.79. The molecule has 1 atom stereocenters. The van der Waals surface area contributed by atoms with Gasteiger partial charge in [-0.3, -0.25) is 4.79 Å². The van der Waals surface area contributed by atoms with E-state index in [0.29, 0.717) is 11.4 Å². The number of esters is 1. The standard InChI is InChI=1S/C18H16N2O4/c1-12-5-3-6-15(9-12)20-17(21)13(2)24-18(22)14(11-19)10-16-7-4-8-23-16/h3-10,13H,1-2H3,(H,20,21)/b14-10+/t13-/m0/s1. The number of furan rings is 1. The van der Waals surface area contributed by atoms with Gasteiger partial charge in [-0.25, -0.2) is 4.79 Å². The van der Waals surface area contributed by atoms with Gasteiger partial charge in [-0.05, 0) is 43.7 Å². The van der Waals surface area contributed by atoms with E-state index in [1.54, 1.807) is 30.3 Å². The second-order valence-corrected chi connectivity index (χ2v) is 5.09. The highest BCUT2D eigenvalue weighted by Gasteiger charge is 2.21. The molecule has 6 heteroatoms. The highest BCUT2D eigenvalue weighted by atomic mass is 16.5. The van der Waals surface area contributed by atoms with Crippen molar-refractivity contribution in [1.82, 2.24) is 0 Å². The Morgan fingerprint density at radius 2 is 2.12 bits per heavy atom. The van der Waals surface area contributed by atoms with Crippen LogP contribution in [0, 0.1) is 18.3 Å². The number of anilines is 1. The zero-order valence-corrected chi connectivity index (χ0v) is 13.3. The van der Waals surface area contributed by atoms with Gasteiger partial charge in [0.05, 0.1) is 6.26 Å². The summed E-state index contributed by atoms with van der Waals surface area (Å²) in [6, 6.07) is 12.2. The number of carbonyl (C=O) groups excluding carboxylic acids is 2. The largest absolute Gasteiger partial charge is 0.465 e. The lowest BCUT2D eigenvalue weighted by atomic mass is 10.2. The number of rotatable bonds is 5. The van der Waals surface area contributed by atoms with Crippen LogP contribution in [-0.2, 0) is 14.3 Å². The molecular weight excluding hydrogens is 308 g/mol. The fraction of sp³-hybridized carbons (Fsp3) is 0.167. The summed E-state index contributed by atoms with van der Waals surface area (Å²) in [4.78, 5) is 24.1. The van der Waals surface area contributed by atoms with Crippen LogP contribution in [0.15, 0.2) is 52.7 Å². The number of ether oxygens (including phenoxy) is 1. The van der Waals surface area contributed by atoms with Gasteiger partial charge >= 0.3 is 5.97 Å². The molecule has 0 aliphatic rings. The van der Waals surface area contributed by atoms with Gasteiger partial charge in [-0.1, -0.05) is 12.1 Å². The number of nitriles is 1. The lowest BCUT2D eigenvalue weighted by Gasteiger charge is -2.13. The van der Waals surface area contributed by atoms with Crippen molar-refractivity contribution in [3.8, 4) is 6.07 Å². The number of nitrogens with zero attached hydrogens (tertiary/aromatic N) is 1. The van der Waals surface area contributed by atoms with Crippen molar-refractivity contribution in [2.75, 3.05) is 5.32 Å². The predicted molar refractivity (Wildman–Crippen MR) is 87.7 cm³/mol. The molecule has 0 radical (unpaired) electrons. The van der Waals surface area contributed by atoms with E-state index in [2.05, 4.69) is 5.32 Å². The van der Waals surface area contributed by atoms with Crippen LogP contribution >= 0.6 is 0 Å². The molecule has 0 fully saturated rings. The van der Waals surface area contributed by atoms with Crippen LogP contribution in [0.1, 0.15) is 18.2 Å². The van der Waals surface area contributed by atoms with Crippen molar-refractivity contribution in [2.45, 2.75) is 20.0 Å².